The number of rotatable bonds is 12. The molecule has 0 saturated carbocycles. The first-order valence-corrected chi connectivity index (χ1v) is 12.8. The fourth-order valence-corrected chi connectivity index (χ4v) is 4.71. The molecule has 216 valence electrons. The molecule has 10 nitrogen and oxygen atoms in total. The molecule has 3 aromatic carbocycles. The zero-order valence-electron chi connectivity index (χ0n) is 23.8. The van der Waals surface area contributed by atoms with Crippen LogP contribution < -0.4 is 33.2 Å². The molecule has 0 unspecified atom stereocenters. The Bertz CT molecular complexity index is 1480. The summed E-state index contributed by atoms with van der Waals surface area (Å²) >= 11 is 0. The van der Waals surface area contributed by atoms with Crippen LogP contribution in [0.1, 0.15) is 34.0 Å². The number of fused-ring (bicyclic) bond motifs is 1. The van der Waals surface area contributed by atoms with Gasteiger partial charge in [0.1, 0.15) is 5.75 Å². The van der Waals surface area contributed by atoms with Gasteiger partial charge in [0.2, 0.25) is 18.3 Å². The minimum atomic E-state index is -1.30. The molecule has 3 aromatic rings. The molecule has 1 aliphatic heterocycles. The highest BCUT2D eigenvalue weighted by Gasteiger charge is 2.29. The maximum Gasteiger partial charge on any atom is 0.336 e. The molecular formula is C31H32O10. The second-order valence-electron chi connectivity index (χ2n) is 9.02. The minimum absolute atomic E-state index is 0.0243. The van der Waals surface area contributed by atoms with E-state index in [1.165, 1.54) is 40.6 Å². The van der Waals surface area contributed by atoms with Gasteiger partial charge in [-0.05, 0) is 73.0 Å². The van der Waals surface area contributed by atoms with E-state index < -0.39 is 11.8 Å². The van der Waals surface area contributed by atoms with E-state index in [0.717, 1.165) is 5.56 Å². The molecule has 0 atom stereocenters. The molecule has 0 fully saturated rings. The Hall–Kier alpha value is -4.86. The minimum Gasteiger partial charge on any atom is -0.494 e. The average Bonchev–Trinajstić information content (AvgIpc) is 3.45. The van der Waals surface area contributed by atoms with E-state index in [1.807, 2.05) is 13.8 Å². The van der Waals surface area contributed by atoms with Crippen molar-refractivity contribution in [3.05, 3.63) is 70.3 Å². The van der Waals surface area contributed by atoms with Gasteiger partial charge in [0.05, 0.1) is 40.6 Å². The summed E-state index contributed by atoms with van der Waals surface area (Å²) in [6.45, 7) is 4.13. The zero-order chi connectivity index (χ0) is 29.7. The second kappa shape index (κ2) is 12.5. The summed E-state index contributed by atoms with van der Waals surface area (Å²) in [6.07, 6.45) is -0.0692. The van der Waals surface area contributed by atoms with Gasteiger partial charge in [-0.1, -0.05) is 0 Å². The lowest BCUT2D eigenvalue weighted by Crippen LogP contribution is -2.14. The maximum atomic E-state index is 14.2. The third-order valence-corrected chi connectivity index (χ3v) is 6.58. The van der Waals surface area contributed by atoms with E-state index >= 15 is 0 Å². The van der Waals surface area contributed by atoms with E-state index in [-0.39, 0.29) is 35.7 Å². The molecule has 1 heterocycles. The van der Waals surface area contributed by atoms with Crippen molar-refractivity contribution in [1.29, 1.82) is 0 Å². The predicted octanol–water partition coefficient (Wildman–Crippen LogP) is 5.12. The number of aliphatic carboxylic acids is 1. The van der Waals surface area contributed by atoms with Crippen LogP contribution in [-0.2, 0) is 11.2 Å². The summed E-state index contributed by atoms with van der Waals surface area (Å²) in [5.41, 5.74) is 1.64. The van der Waals surface area contributed by atoms with Crippen molar-refractivity contribution >= 4 is 17.3 Å². The number of carboxylic acid groups (broad SMARTS) is 1. The largest absolute Gasteiger partial charge is 0.494 e. The molecule has 4 rings (SSSR count). The molecule has 0 amide bonds. The molecule has 0 spiro atoms. The maximum absolute atomic E-state index is 14.2. The van der Waals surface area contributed by atoms with Crippen LogP contribution in [0.3, 0.4) is 0 Å². The molecule has 0 bridgehead atoms. The first-order chi connectivity index (χ1) is 19.8. The van der Waals surface area contributed by atoms with Crippen LogP contribution in [0.4, 0.5) is 0 Å². The molecule has 41 heavy (non-hydrogen) atoms. The van der Waals surface area contributed by atoms with Crippen LogP contribution >= 0.6 is 0 Å². The molecule has 0 saturated heterocycles. The number of benzene rings is 3. The third kappa shape index (κ3) is 5.86. The Labute approximate surface area is 238 Å². The summed E-state index contributed by atoms with van der Waals surface area (Å²) in [7, 11) is 5.88. The Morgan fingerprint density at radius 2 is 1.51 bits per heavy atom. The molecule has 0 aromatic heterocycles. The smallest absolute Gasteiger partial charge is 0.336 e. The van der Waals surface area contributed by atoms with Gasteiger partial charge in [-0.2, -0.15) is 0 Å². The third-order valence-electron chi connectivity index (χ3n) is 6.58. The zero-order valence-corrected chi connectivity index (χ0v) is 23.8. The first kappa shape index (κ1) is 29.1. The van der Waals surface area contributed by atoms with E-state index in [9.17, 15) is 14.7 Å². The van der Waals surface area contributed by atoms with E-state index in [4.69, 9.17) is 33.2 Å². The topological polar surface area (TPSA) is 119 Å². The van der Waals surface area contributed by atoms with Gasteiger partial charge < -0.3 is 38.3 Å². The van der Waals surface area contributed by atoms with E-state index in [2.05, 4.69) is 0 Å². The van der Waals surface area contributed by atoms with Crippen molar-refractivity contribution in [3.8, 4) is 40.2 Å². The number of carbonyl (C=O) groups excluding carboxylic acids is 1. The lowest BCUT2D eigenvalue weighted by Gasteiger charge is -2.17. The fourth-order valence-electron chi connectivity index (χ4n) is 4.71. The van der Waals surface area contributed by atoms with Crippen molar-refractivity contribution in [1.82, 2.24) is 0 Å². The summed E-state index contributed by atoms with van der Waals surface area (Å²) in [4.78, 5) is 27.1. The number of carbonyl (C=O) groups is 2. The lowest BCUT2D eigenvalue weighted by atomic mass is 9.88. The van der Waals surface area contributed by atoms with Crippen molar-refractivity contribution in [2.45, 2.75) is 20.3 Å². The number of aryl methyl sites for hydroxylation is 1. The van der Waals surface area contributed by atoms with E-state index in [0.29, 0.717) is 52.2 Å². The average molecular weight is 565 g/mol. The van der Waals surface area contributed by atoms with Crippen LogP contribution in [0.15, 0.2) is 48.0 Å². The van der Waals surface area contributed by atoms with Gasteiger partial charge in [0.15, 0.2) is 28.8 Å². The van der Waals surface area contributed by atoms with Crippen LogP contribution in [-0.4, -0.2) is 58.7 Å². The number of hydrogen-bond acceptors (Lipinski definition) is 9. The molecule has 1 N–H and O–H groups in total. The standard InChI is InChI=1S/C31H32O10/c1-7-39-22-9-8-19(10-17(22)2)28(32)21(11-18-12-23(35-3)29(38-6)24(13-18)36-4)27(31(33)34)20-14-25(37-5)30-26(15-20)40-16-41-30/h8-10,12-15H,7,11,16H2,1-6H3,(H,33,34)/b27-21+. The van der Waals surface area contributed by atoms with Crippen LogP contribution in [0, 0.1) is 6.92 Å². The van der Waals surface area contributed by atoms with E-state index in [1.54, 1.807) is 30.3 Å². The number of ether oxygens (including phenoxy) is 7. The Morgan fingerprint density at radius 3 is 2.07 bits per heavy atom. The quantitative estimate of drug-likeness (QED) is 0.234. The van der Waals surface area contributed by atoms with Crippen LogP contribution in [0.2, 0.25) is 0 Å². The molecule has 0 aliphatic carbocycles. The van der Waals surface area contributed by atoms with Crippen molar-refractivity contribution < 1.29 is 47.9 Å². The molecule has 1 aliphatic rings. The summed E-state index contributed by atoms with van der Waals surface area (Å²) in [5, 5.41) is 10.5. The van der Waals surface area contributed by atoms with Crippen molar-refractivity contribution in [2.75, 3.05) is 41.8 Å². The highest BCUT2D eigenvalue weighted by atomic mass is 16.7. The Morgan fingerprint density at radius 1 is 0.829 bits per heavy atom. The van der Waals surface area contributed by atoms with Gasteiger partial charge in [0, 0.05) is 17.6 Å². The van der Waals surface area contributed by atoms with Gasteiger partial charge in [0.25, 0.3) is 0 Å². The SMILES string of the molecule is CCOc1ccc(C(=O)/C(Cc2cc(OC)c(OC)c(OC)c2)=C(/C(=O)O)c2cc(OC)c3c(c2)OCO3)cc1C. The Balaban J connectivity index is 1.96. The molecular weight excluding hydrogens is 532 g/mol. The van der Waals surface area contributed by atoms with Crippen molar-refractivity contribution in [3.63, 3.8) is 0 Å². The Kier molecular flexibility index (Phi) is 8.91. The second-order valence-corrected chi connectivity index (χ2v) is 9.02. The number of ketones is 1. The van der Waals surface area contributed by atoms with Crippen molar-refractivity contribution in [2.24, 2.45) is 0 Å². The molecule has 10 heteroatoms. The van der Waals surface area contributed by atoms with Gasteiger partial charge in [-0.15, -0.1) is 0 Å². The summed E-state index contributed by atoms with van der Waals surface area (Å²) in [5.74, 6) is 0.929. The normalized spacial score (nSPS) is 12.3. The van der Waals surface area contributed by atoms with Crippen LogP contribution in [0.25, 0.3) is 5.57 Å². The fraction of sp³-hybridized carbons (Fsp3) is 0.290. The molecule has 0 radical (unpaired) electrons. The highest BCUT2D eigenvalue weighted by Crippen LogP contribution is 2.44. The predicted molar refractivity (Wildman–Crippen MR) is 150 cm³/mol. The number of carboxylic acids is 1. The monoisotopic (exact) mass is 564 g/mol. The number of hydrogen-bond donors (Lipinski definition) is 1. The van der Waals surface area contributed by atoms with Gasteiger partial charge in [-0.3, -0.25) is 4.79 Å². The summed E-state index contributed by atoms with van der Waals surface area (Å²) < 4.78 is 38.5. The number of allylic oxidation sites excluding steroid dienone is 1. The van der Waals surface area contributed by atoms with Gasteiger partial charge in [-0.25, -0.2) is 4.79 Å². The first-order valence-electron chi connectivity index (χ1n) is 12.8. The summed E-state index contributed by atoms with van der Waals surface area (Å²) in [6, 6.07) is 11.4. The lowest BCUT2D eigenvalue weighted by molar-refractivity contribution is -0.130. The number of methoxy groups -OCH3 is 4. The van der Waals surface area contributed by atoms with Gasteiger partial charge >= 0.3 is 5.97 Å². The van der Waals surface area contributed by atoms with Crippen LogP contribution in [0.5, 0.6) is 40.2 Å². The highest BCUT2D eigenvalue weighted by molar-refractivity contribution is 6.26. The number of Topliss-reactive ketones (excluding diaryl/α,β-unsaturated/α-hetero) is 1.